The number of ether oxygens (including phenoxy) is 2. The zero-order chi connectivity index (χ0) is 17.2. The molecule has 2 N–H and O–H groups in total. The van der Waals surface area contributed by atoms with E-state index in [4.69, 9.17) is 9.47 Å². The molecule has 3 aromatic rings. The van der Waals surface area contributed by atoms with Crippen molar-refractivity contribution in [2.45, 2.75) is 6.54 Å². The highest BCUT2D eigenvalue weighted by Crippen LogP contribution is 2.37. The van der Waals surface area contributed by atoms with Gasteiger partial charge in [-0.15, -0.1) is 0 Å². The number of carbonyl (C=O) groups excluding carboxylic acids is 1. The maximum Gasteiger partial charge on any atom is 0.255 e. The second-order valence-corrected chi connectivity index (χ2v) is 5.34. The van der Waals surface area contributed by atoms with Crippen LogP contribution in [0.1, 0.15) is 15.9 Å². The van der Waals surface area contributed by atoms with E-state index in [-0.39, 0.29) is 24.7 Å². The van der Waals surface area contributed by atoms with Gasteiger partial charge in [0.1, 0.15) is 5.75 Å². The van der Waals surface area contributed by atoms with Gasteiger partial charge in [-0.25, -0.2) is 9.67 Å². The van der Waals surface area contributed by atoms with Crippen molar-refractivity contribution in [2.24, 2.45) is 0 Å². The Morgan fingerprint density at radius 3 is 2.88 bits per heavy atom. The lowest BCUT2D eigenvalue weighted by atomic mass is 10.1. The smallest absolute Gasteiger partial charge is 0.255 e. The van der Waals surface area contributed by atoms with Crippen LogP contribution in [0.5, 0.6) is 17.2 Å². The third-order valence-electron chi connectivity index (χ3n) is 3.76. The lowest BCUT2D eigenvalue weighted by molar-refractivity contribution is 0.0948. The molecule has 0 radical (unpaired) electrons. The maximum atomic E-state index is 12.4. The van der Waals surface area contributed by atoms with Gasteiger partial charge in [0, 0.05) is 42.8 Å². The number of hydrogen-bond donors (Lipinski definition) is 2. The molecule has 8 heteroatoms. The van der Waals surface area contributed by atoms with Crippen molar-refractivity contribution in [3.8, 4) is 23.1 Å². The molecule has 1 aromatic carbocycles. The summed E-state index contributed by atoms with van der Waals surface area (Å²) in [5.41, 5.74) is 0.911. The quantitative estimate of drug-likeness (QED) is 0.750. The lowest BCUT2D eigenvalue weighted by Gasteiger charge is -2.11. The molecule has 1 aliphatic heterocycles. The molecule has 0 unspecified atom stereocenters. The van der Waals surface area contributed by atoms with Crippen molar-refractivity contribution in [3.63, 3.8) is 0 Å². The fourth-order valence-electron chi connectivity index (χ4n) is 2.55. The van der Waals surface area contributed by atoms with Gasteiger partial charge in [-0.05, 0) is 12.1 Å². The van der Waals surface area contributed by atoms with Crippen LogP contribution in [0.3, 0.4) is 0 Å². The summed E-state index contributed by atoms with van der Waals surface area (Å²) in [6, 6.07) is 8.26. The van der Waals surface area contributed by atoms with Gasteiger partial charge in [-0.3, -0.25) is 4.79 Å². The number of fused-ring (bicyclic) bond motifs is 1. The normalized spacial score (nSPS) is 12.2. The monoisotopic (exact) mass is 338 g/mol. The zero-order valence-corrected chi connectivity index (χ0v) is 13.0. The van der Waals surface area contributed by atoms with Crippen molar-refractivity contribution in [3.05, 3.63) is 60.0 Å². The number of carbonyl (C=O) groups is 1. The van der Waals surface area contributed by atoms with E-state index in [2.05, 4.69) is 15.4 Å². The summed E-state index contributed by atoms with van der Waals surface area (Å²) in [5.74, 6) is 0.887. The Bertz CT molecular complexity index is 924. The van der Waals surface area contributed by atoms with Crippen molar-refractivity contribution < 1.29 is 19.4 Å². The highest BCUT2D eigenvalue weighted by atomic mass is 16.7. The zero-order valence-electron chi connectivity index (χ0n) is 13.0. The van der Waals surface area contributed by atoms with E-state index in [1.54, 1.807) is 35.4 Å². The number of nitrogens with zero attached hydrogens (tertiary/aromatic N) is 3. The van der Waals surface area contributed by atoms with Crippen molar-refractivity contribution in [2.75, 3.05) is 6.79 Å². The number of nitrogens with one attached hydrogen (secondary N) is 1. The fourth-order valence-corrected chi connectivity index (χ4v) is 2.55. The molecule has 8 nitrogen and oxygen atoms in total. The van der Waals surface area contributed by atoms with E-state index >= 15 is 0 Å². The maximum absolute atomic E-state index is 12.4. The van der Waals surface area contributed by atoms with Gasteiger partial charge in [0.25, 0.3) is 5.91 Å². The number of pyridine rings is 1. The molecule has 0 bridgehead atoms. The number of rotatable bonds is 4. The summed E-state index contributed by atoms with van der Waals surface area (Å²) in [6.45, 7) is 0.304. The summed E-state index contributed by atoms with van der Waals surface area (Å²) in [4.78, 5) is 16.7. The molecule has 3 heterocycles. The van der Waals surface area contributed by atoms with Gasteiger partial charge in [0.2, 0.25) is 6.79 Å². The van der Waals surface area contributed by atoms with Crippen LogP contribution in [-0.4, -0.2) is 32.6 Å². The Labute approximate surface area is 142 Å². The second-order valence-electron chi connectivity index (χ2n) is 5.34. The molecule has 2 aromatic heterocycles. The number of phenolic OH excluding ortho intramolecular Hbond substituents is 1. The second kappa shape index (κ2) is 6.16. The first-order valence-electron chi connectivity index (χ1n) is 7.57. The van der Waals surface area contributed by atoms with E-state index < -0.39 is 5.91 Å². The largest absolute Gasteiger partial charge is 0.507 e. The first-order chi connectivity index (χ1) is 12.2. The first kappa shape index (κ1) is 15.0. The number of aromatic hydroxyl groups is 1. The Morgan fingerprint density at radius 1 is 1.24 bits per heavy atom. The number of benzene rings is 1. The minimum absolute atomic E-state index is 0.0722. The average molecular weight is 338 g/mol. The van der Waals surface area contributed by atoms with Crippen LogP contribution >= 0.6 is 0 Å². The van der Waals surface area contributed by atoms with Crippen LogP contribution in [0, 0.1) is 0 Å². The summed E-state index contributed by atoms with van der Waals surface area (Å²) in [7, 11) is 0. The predicted octanol–water partition coefficient (Wildman–Crippen LogP) is 1.63. The van der Waals surface area contributed by atoms with E-state index in [9.17, 15) is 9.90 Å². The summed E-state index contributed by atoms with van der Waals surface area (Å²) in [5, 5.41) is 17.0. The average Bonchev–Trinajstić information content (AvgIpc) is 3.30. The molecular formula is C17H14N4O4. The molecule has 0 saturated heterocycles. The molecule has 1 amide bonds. The molecule has 0 spiro atoms. The number of aromatic nitrogens is 3. The van der Waals surface area contributed by atoms with Crippen LogP contribution in [-0.2, 0) is 6.54 Å². The standard InChI is InChI=1S/C17H14N4O4/c22-13-8-15-14(24-10-25-15)7-12(13)17(23)19-9-11-3-1-4-18-16(11)21-6-2-5-20-21/h1-8,22H,9-10H2,(H,19,23). The van der Waals surface area contributed by atoms with Gasteiger partial charge in [-0.1, -0.05) is 6.07 Å². The number of phenols is 1. The van der Waals surface area contributed by atoms with E-state index in [1.165, 1.54) is 12.1 Å². The third kappa shape index (κ3) is 2.85. The van der Waals surface area contributed by atoms with Crippen LogP contribution in [0.4, 0.5) is 0 Å². The molecular weight excluding hydrogens is 324 g/mol. The molecule has 1 aliphatic rings. The van der Waals surface area contributed by atoms with Gasteiger partial charge < -0.3 is 19.9 Å². The molecule has 4 rings (SSSR count). The first-order valence-corrected chi connectivity index (χ1v) is 7.57. The summed E-state index contributed by atoms with van der Waals surface area (Å²) in [6.07, 6.45) is 5.09. The van der Waals surface area contributed by atoms with E-state index in [1.807, 2.05) is 6.07 Å². The van der Waals surface area contributed by atoms with Crippen molar-refractivity contribution in [1.82, 2.24) is 20.1 Å². The van der Waals surface area contributed by atoms with E-state index in [0.29, 0.717) is 17.3 Å². The molecule has 0 saturated carbocycles. The SMILES string of the molecule is O=C(NCc1cccnc1-n1cccn1)c1cc2c(cc1O)OCO2. The Balaban J connectivity index is 1.54. The Morgan fingerprint density at radius 2 is 2.08 bits per heavy atom. The lowest BCUT2D eigenvalue weighted by Crippen LogP contribution is -2.24. The molecule has 25 heavy (non-hydrogen) atoms. The number of amides is 1. The molecule has 126 valence electrons. The van der Waals surface area contributed by atoms with Crippen LogP contribution < -0.4 is 14.8 Å². The van der Waals surface area contributed by atoms with Crippen molar-refractivity contribution >= 4 is 5.91 Å². The Kier molecular flexibility index (Phi) is 3.70. The number of hydrogen-bond acceptors (Lipinski definition) is 6. The molecule has 0 atom stereocenters. The summed E-state index contributed by atoms with van der Waals surface area (Å²) < 4.78 is 12.0. The van der Waals surface area contributed by atoms with Crippen LogP contribution in [0.2, 0.25) is 0 Å². The minimum Gasteiger partial charge on any atom is -0.507 e. The topological polar surface area (TPSA) is 98.5 Å². The van der Waals surface area contributed by atoms with Gasteiger partial charge >= 0.3 is 0 Å². The highest BCUT2D eigenvalue weighted by Gasteiger charge is 2.21. The van der Waals surface area contributed by atoms with Gasteiger partial charge in [0.05, 0.1) is 5.56 Å². The molecule has 0 fully saturated rings. The third-order valence-corrected chi connectivity index (χ3v) is 3.76. The minimum atomic E-state index is -0.425. The van der Waals surface area contributed by atoms with Crippen LogP contribution in [0.25, 0.3) is 5.82 Å². The van der Waals surface area contributed by atoms with Gasteiger partial charge in [-0.2, -0.15) is 5.10 Å². The predicted molar refractivity (Wildman–Crippen MR) is 86.8 cm³/mol. The van der Waals surface area contributed by atoms with Crippen molar-refractivity contribution in [1.29, 1.82) is 0 Å². The highest BCUT2D eigenvalue weighted by molar-refractivity contribution is 5.97. The molecule has 0 aliphatic carbocycles. The summed E-state index contributed by atoms with van der Waals surface area (Å²) >= 11 is 0. The fraction of sp³-hybridized carbons (Fsp3) is 0.118. The van der Waals surface area contributed by atoms with Gasteiger partial charge in [0.15, 0.2) is 17.3 Å². The Hall–Kier alpha value is -3.55. The van der Waals surface area contributed by atoms with E-state index in [0.717, 1.165) is 5.56 Å². The van der Waals surface area contributed by atoms with Crippen LogP contribution in [0.15, 0.2) is 48.9 Å².